The molecule has 5 heteroatoms. The number of rotatable bonds is 3. The molecule has 0 atom stereocenters. The Hall–Kier alpha value is -1.37. The first kappa shape index (κ1) is 12.1. The van der Waals surface area contributed by atoms with Gasteiger partial charge >= 0.3 is 0 Å². The highest BCUT2D eigenvalue weighted by molar-refractivity contribution is 14.1. The molecule has 17 heavy (non-hydrogen) atoms. The first-order chi connectivity index (χ1) is 8.20. The summed E-state index contributed by atoms with van der Waals surface area (Å²) in [4.78, 5) is 8.55. The Labute approximate surface area is 114 Å². The van der Waals surface area contributed by atoms with Gasteiger partial charge in [-0.15, -0.1) is 0 Å². The lowest BCUT2D eigenvalue weighted by Crippen LogP contribution is -2.03. The average molecular weight is 340 g/mol. The topological polar surface area (TPSA) is 49.8 Å². The highest BCUT2D eigenvalue weighted by atomic mass is 127. The van der Waals surface area contributed by atoms with Crippen LogP contribution in [-0.2, 0) is 0 Å². The van der Waals surface area contributed by atoms with Crippen LogP contribution < -0.4 is 10.6 Å². The van der Waals surface area contributed by atoms with Crippen LogP contribution in [0.5, 0.6) is 0 Å². The van der Waals surface area contributed by atoms with Crippen LogP contribution in [0.4, 0.5) is 17.5 Å². The van der Waals surface area contributed by atoms with Crippen molar-refractivity contribution in [3.63, 3.8) is 0 Å². The number of nitrogens with zero attached hydrogens (tertiary/aromatic N) is 2. The molecule has 0 saturated carbocycles. The Morgan fingerprint density at radius 1 is 1.24 bits per heavy atom. The molecule has 0 unspecified atom stereocenters. The molecule has 0 aliphatic carbocycles. The number of halogens is 1. The molecule has 2 aromatic rings. The van der Waals surface area contributed by atoms with Gasteiger partial charge in [0.1, 0.15) is 5.82 Å². The van der Waals surface area contributed by atoms with Crippen LogP contribution in [0.25, 0.3) is 0 Å². The summed E-state index contributed by atoms with van der Waals surface area (Å²) < 4.78 is 1.16. The minimum Gasteiger partial charge on any atom is -0.357 e. The predicted molar refractivity (Wildman–Crippen MR) is 78.8 cm³/mol. The molecular weight excluding hydrogens is 327 g/mol. The molecule has 0 bridgehead atoms. The van der Waals surface area contributed by atoms with Crippen LogP contribution in [0, 0.1) is 10.5 Å². The lowest BCUT2D eigenvalue weighted by molar-refractivity contribution is 1.12. The number of hydrogen-bond acceptors (Lipinski definition) is 4. The molecule has 1 aromatic carbocycles. The van der Waals surface area contributed by atoms with Crippen LogP contribution in [-0.4, -0.2) is 17.0 Å². The molecule has 1 aromatic heterocycles. The van der Waals surface area contributed by atoms with Gasteiger partial charge in [-0.2, -0.15) is 4.98 Å². The van der Waals surface area contributed by atoms with E-state index in [1.165, 1.54) is 0 Å². The zero-order valence-corrected chi connectivity index (χ0v) is 11.8. The summed E-state index contributed by atoms with van der Waals surface area (Å²) in [6.45, 7) is 1.98. The smallest absolute Gasteiger partial charge is 0.224 e. The third kappa shape index (κ3) is 2.85. The molecule has 0 amide bonds. The Morgan fingerprint density at radius 3 is 2.71 bits per heavy atom. The summed E-state index contributed by atoms with van der Waals surface area (Å²) >= 11 is 2.30. The molecule has 1 heterocycles. The molecular formula is C12H13IN4. The third-order valence-electron chi connectivity index (χ3n) is 2.32. The Balaban J connectivity index is 2.32. The van der Waals surface area contributed by atoms with Gasteiger partial charge in [0.2, 0.25) is 5.95 Å². The second-order valence-corrected chi connectivity index (χ2v) is 4.74. The molecule has 0 aliphatic rings. The van der Waals surface area contributed by atoms with Gasteiger partial charge < -0.3 is 10.6 Å². The molecule has 88 valence electrons. The van der Waals surface area contributed by atoms with Gasteiger partial charge in [-0.05, 0) is 41.6 Å². The SMILES string of the molecule is CNc1ncc(C)c(Nc2ccccc2I)n1. The van der Waals surface area contributed by atoms with Crippen molar-refractivity contribution in [3.05, 3.63) is 39.6 Å². The normalized spacial score (nSPS) is 10.1. The zero-order valence-electron chi connectivity index (χ0n) is 9.66. The van der Waals surface area contributed by atoms with Gasteiger partial charge in [0.05, 0.1) is 5.69 Å². The van der Waals surface area contributed by atoms with Gasteiger partial charge in [-0.1, -0.05) is 12.1 Å². The van der Waals surface area contributed by atoms with Crippen LogP contribution in [0.3, 0.4) is 0 Å². The van der Waals surface area contributed by atoms with E-state index < -0.39 is 0 Å². The van der Waals surface area contributed by atoms with Crippen molar-refractivity contribution >= 4 is 40.0 Å². The van der Waals surface area contributed by atoms with E-state index in [1.54, 1.807) is 13.2 Å². The largest absolute Gasteiger partial charge is 0.357 e. The molecule has 0 spiro atoms. The van der Waals surface area contributed by atoms with Crippen molar-refractivity contribution in [2.24, 2.45) is 0 Å². The lowest BCUT2D eigenvalue weighted by atomic mass is 10.3. The number of nitrogens with one attached hydrogen (secondary N) is 2. The molecule has 0 radical (unpaired) electrons. The van der Waals surface area contributed by atoms with E-state index in [0.29, 0.717) is 5.95 Å². The van der Waals surface area contributed by atoms with Crippen molar-refractivity contribution in [3.8, 4) is 0 Å². The van der Waals surface area contributed by atoms with Crippen molar-refractivity contribution in [2.75, 3.05) is 17.7 Å². The summed E-state index contributed by atoms with van der Waals surface area (Å²) in [5.74, 6) is 1.44. The number of para-hydroxylation sites is 1. The van der Waals surface area contributed by atoms with Crippen LogP contribution in [0.2, 0.25) is 0 Å². The number of benzene rings is 1. The molecule has 0 saturated heterocycles. The molecule has 2 N–H and O–H groups in total. The standard InChI is InChI=1S/C12H13IN4/c1-8-7-15-12(14-2)17-11(8)16-10-6-4-3-5-9(10)13/h3-7H,1-2H3,(H2,14,15,16,17). The monoisotopic (exact) mass is 340 g/mol. The van der Waals surface area contributed by atoms with Gasteiger partial charge in [-0.25, -0.2) is 4.98 Å². The van der Waals surface area contributed by atoms with Gasteiger partial charge in [0.15, 0.2) is 0 Å². The minimum absolute atomic E-state index is 0.615. The van der Waals surface area contributed by atoms with E-state index in [9.17, 15) is 0 Å². The maximum absolute atomic E-state index is 4.39. The van der Waals surface area contributed by atoms with E-state index in [-0.39, 0.29) is 0 Å². The summed E-state index contributed by atoms with van der Waals surface area (Å²) in [6.07, 6.45) is 1.80. The van der Waals surface area contributed by atoms with Crippen LogP contribution in [0.15, 0.2) is 30.5 Å². The zero-order chi connectivity index (χ0) is 12.3. The summed E-state index contributed by atoms with van der Waals surface area (Å²) in [6, 6.07) is 8.10. The van der Waals surface area contributed by atoms with E-state index >= 15 is 0 Å². The van der Waals surface area contributed by atoms with E-state index in [2.05, 4.69) is 49.3 Å². The van der Waals surface area contributed by atoms with Gasteiger partial charge in [0, 0.05) is 22.4 Å². The quantitative estimate of drug-likeness (QED) is 0.843. The van der Waals surface area contributed by atoms with E-state index in [1.807, 2.05) is 25.1 Å². The first-order valence-electron chi connectivity index (χ1n) is 5.23. The number of hydrogen-bond donors (Lipinski definition) is 2. The minimum atomic E-state index is 0.615. The van der Waals surface area contributed by atoms with Gasteiger partial charge in [-0.3, -0.25) is 0 Å². The van der Waals surface area contributed by atoms with Crippen molar-refractivity contribution < 1.29 is 0 Å². The Morgan fingerprint density at radius 2 is 2.00 bits per heavy atom. The lowest BCUT2D eigenvalue weighted by Gasteiger charge is -2.10. The number of aryl methyl sites for hydroxylation is 1. The molecule has 0 fully saturated rings. The second-order valence-electron chi connectivity index (χ2n) is 3.58. The van der Waals surface area contributed by atoms with Crippen LogP contribution in [0.1, 0.15) is 5.56 Å². The summed E-state index contributed by atoms with van der Waals surface area (Å²) in [5.41, 5.74) is 2.07. The van der Waals surface area contributed by atoms with Crippen molar-refractivity contribution in [1.29, 1.82) is 0 Å². The van der Waals surface area contributed by atoms with Crippen molar-refractivity contribution in [2.45, 2.75) is 6.92 Å². The average Bonchev–Trinajstić information content (AvgIpc) is 2.35. The highest BCUT2D eigenvalue weighted by Crippen LogP contribution is 2.23. The van der Waals surface area contributed by atoms with Crippen molar-refractivity contribution in [1.82, 2.24) is 9.97 Å². The Bertz CT molecular complexity index is 528. The summed E-state index contributed by atoms with van der Waals surface area (Å²) in [5, 5.41) is 6.25. The fourth-order valence-electron chi connectivity index (χ4n) is 1.38. The fourth-order valence-corrected chi connectivity index (χ4v) is 1.90. The summed E-state index contributed by atoms with van der Waals surface area (Å²) in [7, 11) is 1.81. The maximum Gasteiger partial charge on any atom is 0.224 e. The second kappa shape index (κ2) is 5.31. The molecule has 0 aliphatic heterocycles. The highest BCUT2D eigenvalue weighted by Gasteiger charge is 2.05. The predicted octanol–water partition coefficient (Wildman–Crippen LogP) is 3.17. The number of aromatic nitrogens is 2. The Kier molecular flexibility index (Phi) is 3.78. The fraction of sp³-hybridized carbons (Fsp3) is 0.167. The van der Waals surface area contributed by atoms with E-state index in [4.69, 9.17) is 0 Å². The third-order valence-corrected chi connectivity index (χ3v) is 3.26. The molecule has 4 nitrogen and oxygen atoms in total. The maximum atomic E-state index is 4.39. The van der Waals surface area contributed by atoms with Gasteiger partial charge in [0.25, 0.3) is 0 Å². The first-order valence-corrected chi connectivity index (χ1v) is 6.31. The molecule has 2 rings (SSSR count). The van der Waals surface area contributed by atoms with E-state index in [0.717, 1.165) is 20.6 Å². The van der Waals surface area contributed by atoms with Crippen LogP contribution >= 0.6 is 22.6 Å². The number of anilines is 3.